The molecule has 0 aromatic carbocycles. The van der Waals surface area contributed by atoms with Crippen molar-refractivity contribution in [3.63, 3.8) is 0 Å². The molecule has 5 nitrogen and oxygen atoms in total. The Morgan fingerprint density at radius 3 is 2.78 bits per heavy atom. The molecular weight excluding hydrogens is 337 g/mol. The standard InChI is InChI=1S/C15H18FN3O2S2/c1-9(8-23(4)21)14(20)19(3)15-10(2)18-13(22-15)11-5-12(16)7-17-6-11/h5-7,9H,8H2,1-4H3. The molecule has 2 atom stereocenters. The van der Waals surface area contributed by atoms with Gasteiger partial charge in [0.05, 0.1) is 11.9 Å². The molecule has 0 aliphatic carbocycles. The van der Waals surface area contributed by atoms with E-state index in [1.807, 2.05) is 0 Å². The summed E-state index contributed by atoms with van der Waals surface area (Å²) in [5.41, 5.74) is 1.27. The van der Waals surface area contributed by atoms with E-state index in [4.69, 9.17) is 0 Å². The number of hydrogen-bond donors (Lipinski definition) is 0. The molecule has 1 amide bonds. The minimum atomic E-state index is -1.03. The molecular formula is C15H18FN3O2S2. The Bertz CT molecular complexity index is 748. The van der Waals surface area contributed by atoms with Crippen LogP contribution in [0.2, 0.25) is 0 Å². The maximum Gasteiger partial charge on any atom is 0.231 e. The largest absolute Gasteiger partial charge is 0.305 e. The van der Waals surface area contributed by atoms with Gasteiger partial charge in [0.15, 0.2) is 0 Å². The molecule has 2 aromatic heterocycles. The van der Waals surface area contributed by atoms with Crippen LogP contribution >= 0.6 is 11.3 Å². The molecule has 0 saturated carbocycles. The number of hydrogen-bond acceptors (Lipinski definition) is 5. The summed E-state index contributed by atoms with van der Waals surface area (Å²) in [6, 6.07) is 1.36. The third kappa shape index (κ3) is 4.20. The van der Waals surface area contributed by atoms with E-state index in [9.17, 15) is 13.4 Å². The van der Waals surface area contributed by atoms with Crippen molar-refractivity contribution in [3.8, 4) is 10.6 Å². The number of carbonyl (C=O) groups is 1. The molecule has 23 heavy (non-hydrogen) atoms. The number of aromatic nitrogens is 2. The summed E-state index contributed by atoms with van der Waals surface area (Å²) in [5.74, 6) is -0.565. The van der Waals surface area contributed by atoms with E-state index < -0.39 is 16.6 Å². The van der Waals surface area contributed by atoms with Crippen LogP contribution < -0.4 is 4.90 Å². The van der Waals surface area contributed by atoms with Crippen LogP contribution in [0, 0.1) is 18.7 Å². The Hall–Kier alpha value is -1.67. The summed E-state index contributed by atoms with van der Waals surface area (Å²) >= 11 is 1.31. The first-order chi connectivity index (χ1) is 10.8. The summed E-state index contributed by atoms with van der Waals surface area (Å²) in [5, 5.41) is 1.30. The van der Waals surface area contributed by atoms with Gasteiger partial charge in [-0.1, -0.05) is 18.3 Å². The van der Waals surface area contributed by atoms with Crippen molar-refractivity contribution in [2.24, 2.45) is 5.92 Å². The average molecular weight is 355 g/mol. The second-order valence-corrected chi connectivity index (χ2v) is 7.80. The van der Waals surface area contributed by atoms with Gasteiger partial charge in [-0.3, -0.25) is 14.0 Å². The first-order valence-corrected chi connectivity index (χ1v) is 9.50. The van der Waals surface area contributed by atoms with Gasteiger partial charge in [-0.05, 0) is 13.0 Å². The normalized spacial score (nSPS) is 13.6. The van der Waals surface area contributed by atoms with Crippen LogP contribution in [-0.4, -0.2) is 39.1 Å². The highest BCUT2D eigenvalue weighted by atomic mass is 32.2. The van der Waals surface area contributed by atoms with Gasteiger partial charge >= 0.3 is 0 Å². The lowest BCUT2D eigenvalue weighted by Gasteiger charge is -2.19. The Kier molecular flexibility index (Phi) is 5.59. The Morgan fingerprint density at radius 1 is 1.48 bits per heavy atom. The molecule has 124 valence electrons. The number of thiazole rings is 1. The van der Waals surface area contributed by atoms with Crippen molar-refractivity contribution in [1.82, 2.24) is 9.97 Å². The quantitative estimate of drug-likeness (QED) is 0.827. The third-order valence-corrected chi connectivity index (χ3v) is 5.52. The summed E-state index contributed by atoms with van der Waals surface area (Å²) in [7, 11) is 0.641. The van der Waals surface area contributed by atoms with E-state index in [-0.39, 0.29) is 11.8 Å². The molecule has 0 spiro atoms. The molecule has 0 saturated heterocycles. The molecule has 2 aromatic rings. The number of nitrogens with zero attached hydrogens (tertiary/aromatic N) is 3. The fourth-order valence-electron chi connectivity index (χ4n) is 2.21. The molecule has 2 heterocycles. The lowest BCUT2D eigenvalue weighted by atomic mass is 10.2. The van der Waals surface area contributed by atoms with Crippen molar-refractivity contribution >= 4 is 33.0 Å². The van der Waals surface area contributed by atoms with Crippen molar-refractivity contribution in [2.75, 3.05) is 24.0 Å². The summed E-state index contributed by atoms with van der Waals surface area (Å²) in [6.45, 7) is 3.56. The van der Waals surface area contributed by atoms with Gasteiger partial charge < -0.3 is 4.90 Å². The average Bonchev–Trinajstić information content (AvgIpc) is 2.87. The van der Waals surface area contributed by atoms with E-state index in [1.165, 1.54) is 28.5 Å². The second kappa shape index (κ2) is 7.27. The maximum atomic E-state index is 13.3. The van der Waals surface area contributed by atoms with Crippen molar-refractivity contribution in [2.45, 2.75) is 13.8 Å². The minimum absolute atomic E-state index is 0.115. The Morgan fingerprint density at radius 2 is 2.17 bits per heavy atom. The van der Waals surface area contributed by atoms with Crippen molar-refractivity contribution in [1.29, 1.82) is 0 Å². The van der Waals surface area contributed by atoms with Gasteiger partial charge in [0.2, 0.25) is 5.91 Å². The van der Waals surface area contributed by atoms with Crippen molar-refractivity contribution < 1.29 is 13.4 Å². The van der Waals surface area contributed by atoms with Crippen LogP contribution in [0.3, 0.4) is 0 Å². The molecule has 2 rings (SSSR count). The summed E-state index contributed by atoms with van der Waals surface area (Å²) in [6.07, 6.45) is 4.25. The number of pyridine rings is 1. The van der Waals surface area contributed by atoms with Gasteiger partial charge in [-0.15, -0.1) is 0 Å². The predicted octanol–water partition coefficient (Wildman–Crippen LogP) is 2.63. The number of halogens is 1. The molecule has 0 bridgehead atoms. The van der Waals surface area contributed by atoms with Crippen LogP contribution in [0.15, 0.2) is 18.5 Å². The van der Waals surface area contributed by atoms with Crippen molar-refractivity contribution in [3.05, 3.63) is 30.0 Å². The number of amides is 1. The fourth-order valence-corrected chi connectivity index (χ4v) is 4.07. The van der Waals surface area contributed by atoms with Gasteiger partial charge in [-0.2, -0.15) is 0 Å². The van der Waals surface area contributed by atoms with Gasteiger partial charge in [0.1, 0.15) is 15.8 Å². The molecule has 0 fully saturated rings. The van der Waals surface area contributed by atoms with Gasteiger partial charge in [0.25, 0.3) is 0 Å². The number of carbonyl (C=O) groups excluding carboxylic acids is 1. The zero-order chi connectivity index (χ0) is 17.1. The summed E-state index contributed by atoms with van der Waals surface area (Å²) in [4.78, 5) is 22.2. The summed E-state index contributed by atoms with van der Waals surface area (Å²) < 4.78 is 24.6. The number of aryl methyl sites for hydroxylation is 1. The number of rotatable bonds is 5. The van der Waals surface area contributed by atoms with E-state index >= 15 is 0 Å². The van der Waals surface area contributed by atoms with Crippen LogP contribution in [0.25, 0.3) is 10.6 Å². The molecule has 0 aliphatic heterocycles. The first kappa shape index (κ1) is 17.7. The van der Waals surface area contributed by atoms with E-state index in [0.29, 0.717) is 27.0 Å². The monoisotopic (exact) mass is 355 g/mol. The third-order valence-electron chi connectivity index (χ3n) is 3.27. The highest BCUT2D eigenvalue weighted by Gasteiger charge is 2.23. The first-order valence-electron chi connectivity index (χ1n) is 6.95. The highest BCUT2D eigenvalue weighted by Crippen LogP contribution is 2.34. The Balaban J connectivity index is 2.27. The molecule has 0 aliphatic rings. The highest BCUT2D eigenvalue weighted by molar-refractivity contribution is 7.84. The van der Waals surface area contributed by atoms with E-state index in [0.717, 1.165) is 6.20 Å². The van der Waals surface area contributed by atoms with Crippen LogP contribution in [0.1, 0.15) is 12.6 Å². The zero-order valence-corrected chi connectivity index (χ0v) is 15.0. The zero-order valence-electron chi connectivity index (χ0n) is 13.4. The van der Waals surface area contributed by atoms with Crippen LogP contribution in [0.5, 0.6) is 0 Å². The smallest absolute Gasteiger partial charge is 0.231 e. The lowest BCUT2D eigenvalue weighted by Crippen LogP contribution is -2.33. The van der Waals surface area contributed by atoms with Gasteiger partial charge in [-0.25, -0.2) is 9.37 Å². The topological polar surface area (TPSA) is 63.2 Å². The van der Waals surface area contributed by atoms with Crippen LogP contribution in [-0.2, 0) is 15.6 Å². The predicted molar refractivity (Wildman–Crippen MR) is 91.5 cm³/mol. The van der Waals surface area contributed by atoms with E-state index in [1.54, 1.807) is 27.2 Å². The SMILES string of the molecule is Cc1nc(-c2cncc(F)c2)sc1N(C)C(=O)C(C)CS(C)=O. The van der Waals surface area contributed by atoms with Gasteiger partial charge in [0, 0.05) is 47.5 Å². The Labute approximate surface area is 141 Å². The minimum Gasteiger partial charge on any atom is -0.305 e. The number of anilines is 1. The lowest BCUT2D eigenvalue weighted by molar-refractivity contribution is -0.120. The molecule has 0 N–H and O–H groups in total. The molecule has 2 unspecified atom stereocenters. The molecule has 0 radical (unpaired) electrons. The molecule has 8 heteroatoms. The van der Waals surface area contributed by atoms with E-state index in [2.05, 4.69) is 9.97 Å². The fraction of sp³-hybridized carbons (Fsp3) is 0.400. The second-order valence-electron chi connectivity index (χ2n) is 5.34. The van der Waals surface area contributed by atoms with Crippen LogP contribution in [0.4, 0.5) is 9.39 Å². The maximum absolute atomic E-state index is 13.3.